The van der Waals surface area contributed by atoms with Gasteiger partial charge in [0.1, 0.15) is 0 Å². The van der Waals surface area contributed by atoms with E-state index >= 15 is 0 Å². The summed E-state index contributed by atoms with van der Waals surface area (Å²) in [4.78, 5) is 11.7. The Bertz CT molecular complexity index is 478. The van der Waals surface area contributed by atoms with Crippen molar-refractivity contribution in [2.24, 2.45) is 0 Å². The Hall–Kier alpha value is -1.60. The first-order valence-corrected chi connectivity index (χ1v) is 5.33. The summed E-state index contributed by atoms with van der Waals surface area (Å²) in [6, 6.07) is 6.87. The molecule has 1 aromatic carbocycles. The van der Waals surface area contributed by atoms with E-state index in [4.69, 9.17) is 11.6 Å². The molecule has 1 aliphatic carbocycles. The molecule has 0 saturated carbocycles. The predicted molar refractivity (Wildman–Crippen MR) is 66.4 cm³/mol. The summed E-state index contributed by atoms with van der Waals surface area (Å²) in [7, 11) is 0. The lowest BCUT2D eigenvalue weighted by molar-refractivity contribution is 0.104. The predicted octanol–water partition coefficient (Wildman–Crippen LogP) is 3.78. The summed E-state index contributed by atoms with van der Waals surface area (Å²) in [6.45, 7) is 0. The molecule has 0 atom stereocenters. The van der Waals surface area contributed by atoms with Crippen LogP contribution in [0.4, 0.5) is 0 Å². The molecular formula is C14H10ClO. The number of carbonyl (C=O) groups is 1. The standard InChI is InChI=1S/C14H10ClO/c15-13-8-6-12(7-9-13)14(16)10-5-11-3-1-2-4-11/h1-10H/b10-5+. The third kappa shape index (κ3) is 2.71. The fraction of sp³-hybridized carbons (Fsp3) is 0. The molecule has 0 saturated heterocycles. The van der Waals surface area contributed by atoms with Gasteiger partial charge in [0.05, 0.1) is 0 Å². The van der Waals surface area contributed by atoms with E-state index in [1.807, 2.05) is 24.6 Å². The number of allylic oxidation sites excluding steroid dienone is 6. The Balaban J connectivity index is 2.05. The Morgan fingerprint density at radius 3 is 2.50 bits per heavy atom. The second-order valence-electron chi connectivity index (χ2n) is 3.42. The van der Waals surface area contributed by atoms with Gasteiger partial charge in [0, 0.05) is 17.0 Å². The fourth-order valence-corrected chi connectivity index (χ4v) is 1.51. The van der Waals surface area contributed by atoms with E-state index in [0.29, 0.717) is 10.6 Å². The number of hydrogen-bond acceptors (Lipinski definition) is 1. The minimum atomic E-state index is -0.0159. The second-order valence-corrected chi connectivity index (χ2v) is 3.86. The van der Waals surface area contributed by atoms with E-state index in [1.54, 1.807) is 36.4 Å². The van der Waals surface area contributed by atoms with Gasteiger partial charge in [0.2, 0.25) is 0 Å². The molecule has 0 spiro atoms. The lowest BCUT2D eigenvalue weighted by Crippen LogP contribution is -1.93. The van der Waals surface area contributed by atoms with Crippen LogP contribution >= 0.6 is 11.6 Å². The van der Waals surface area contributed by atoms with Gasteiger partial charge in [0.15, 0.2) is 5.78 Å². The van der Waals surface area contributed by atoms with Gasteiger partial charge in [-0.15, -0.1) is 0 Å². The van der Waals surface area contributed by atoms with E-state index < -0.39 is 0 Å². The molecule has 0 heterocycles. The second kappa shape index (κ2) is 4.95. The van der Waals surface area contributed by atoms with E-state index in [-0.39, 0.29) is 5.78 Å². The van der Waals surface area contributed by atoms with Crippen LogP contribution in [0.15, 0.2) is 60.2 Å². The van der Waals surface area contributed by atoms with E-state index in [9.17, 15) is 4.79 Å². The number of rotatable bonds is 3. The lowest BCUT2D eigenvalue weighted by atomic mass is 10.1. The zero-order chi connectivity index (χ0) is 11.4. The molecule has 0 N–H and O–H groups in total. The molecule has 1 aromatic rings. The Morgan fingerprint density at radius 1 is 1.12 bits per heavy atom. The molecule has 2 rings (SSSR count). The summed E-state index contributed by atoms with van der Waals surface area (Å²) in [5.74, 6) is -0.0159. The van der Waals surface area contributed by atoms with Crippen LogP contribution in [0, 0.1) is 6.42 Å². The molecule has 79 valence electrons. The summed E-state index contributed by atoms with van der Waals surface area (Å²) in [5, 5.41) is 0.636. The maximum Gasteiger partial charge on any atom is 0.185 e. The molecular weight excluding hydrogens is 220 g/mol. The van der Waals surface area contributed by atoms with Gasteiger partial charge in [0.25, 0.3) is 0 Å². The average Bonchev–Trinajstić information content (AvgIpc) is 2.80. The largest absolute Gasteiger partial charge is 0.289 e. The van der Waals surface area contributed by atoms with Crippen molar-refractivity contribution in [3.05, 3.63) is 77.2 Å². The molecule has 0 aliphatic heterocycles. The third-order valence-electron chi connectivity index (χ3n) is 2.24. The highest BCUT2D eigenvalue weighted by atomic mass is 35.5. The van der Waals surface area contributed by atoms with Crippen LogP contribution in [0.2, 0.25) is 5.02 Å². The van der Waals surface area contributed by atoms with Crippen LogP contribution in [0.25, 0.3) is 0 Å². The maximum absolute atomic E-state index is 11.7. The minimum Gasteiger partial charge on any atom is -0.289 e. The van der Waals surface area contributed by atoms with Crippen molar-refractivity contribution in [1.82, 2.24) is 0 Å². The monoisotopic (exact) mass is 229 g/mol. The summed E-state index contributed by atoms with van der Waals surface area (Å²) in [5.41, 5.74) is 1.68. The average molecular weight is 230 g/mol. The summed E-state index contributed by atoms with van der Waals surface area (Å²) >= 11 is 5.75. The van der Waals surface area contributed by atoms with Gasteiger partial charge in [-0.2, -0.15) is 0 Å². The van der Waals surface area contributed by atoms with Crippen molar-refractivity contribution in [1.29, 1.82) is 0 Å². The van der Waals surface area contributed by atoms with E-state index in [0.717, 1.165) is 5.57 Å². The molecule has 0 bridgehead atoms. The summed E-state index contributed by atoms with van der Waals surface area (Å²) < 4.78 is 0. The first-order valence-electron chi connectivity index (χ1n) is 4.95. The highest BCUT2D eigenvalue weighted by Gasteiger charge is 2.01. The first-order chi connectivity index (χ1) is 7.75. The molecule has 0 unspecified atom stereocenters. The van der Waals surface area contributed by atoms with Crippen LogP contribution in [-0.4, -0.2) is 5.78 Å². The van der Waals surface area contributed by atoms with Gasteiger partial charge in [-0.3, -0.25) is 4.79 Å². The van der Waals surface area contributed by atoms with Crippen molar-refractivity contribution in [2.45, 2.75) is 0 Å². The summed E-state index contributed by atoms with van der Waals surface area (Å²) in [6.07, 6.45) is 11.1. The fourth-order valence-electron chi connectivity index (χ4n) is 1.38. The normalized spacial score (nSPS) is 14.4. The number of halogens is 1. The Morgan fingerprint density at radius 2 is 1.88 bits per heavy atom. The lowest BCUT2D eigenvalue weighted by Gasteiger charge is -1.96. The topological polar surface area (TPSA) is 17.1 Å². The van der Waals surface area contributed by atoms with Gasteiger partial charge < -0.3 is 0 Å². The zero-order valence-electron chi connectivity index (χ0n) is 8.56. The molecule has 1 radical (unpaired) electrons. The van der Waals surface area contributed by atoms with Crippen LogP contribution in [0.3, 0.4) is 0 Å². The minimum absolute atomic E-state index is 0.0159. The number of hydrogen-bond donors (Lipinski definition) is 0. The smallest absolute Gasteiger partial charge is 0.185 e. The molecule has 1 aliphatic rings. The van der Waals surface area contributed by atoms with Crippen LogP contribution < -0.4 is 0 Å². The molecule has 0 fully saturated rings. The molecule has 16 heavy (non-hydrogen) atoms. The van der Waals surface area contributed by atoms with Gasteiger partial charge in [-0.1, -0.05) is 35.9 Å². The van der Waals surface area contributed by atoms with Crippen LogP contribution in [0.1, 0.15) is 10.4 Å². The molecule has 0 aromatic heterocycles. The van der Waals surface area contributed by atoms with Gasteiger partial charge >= 0.3 is 0 Å². The van der Waals surface area contributed by atoms with Crippen LogP contribution in [-0.2, 0) is 0 Å². The van der Waals surface area contributed by atoms with Crippen molar-refractivity contribution in [2.75, 3.05) is 0 Å². The maximum atomic E-state index is 11.7. The highest BCUT2D eigenvalue weighted by molar-refractivity contribution is 6.30. The molecule has 1 nitrogen and oxygen atoms in total. The van der Waals surface area contributed by atoms with Gasteiger partial charge in [-0.25, -0.2) is 0 Å². The highest BCUT2D eigenvalue weighted by Crippen LogP contribution is 2.13. The zero-order valence-corrected chi connectivity index (χ0v) is 9.32. The quantitative estimate of drug-likeness (QED) is 0.570. The number of ketones is 1. The van der Waals surface area contributed by atoms with Crippen molar-refractivity contribution >= 4 is 17.4 Å². The third-order valence-corrected chi connectivity index (χ3v) is 2.50. The van der Waals surface area contributed by atoms with Crippen molar-refractivity contribution < 1.29 is 4.79 Å². The Labute approximate surface area is 99.7 Å². The molecule has 0 amide bonds. The van der Waals surface area contributed by atoms with Crippen molar-refractivity contribution in [3.8, 4) is 0 Å². The molecule has 2 heteroatoms. The Kier molecular flexibility index (Phi) is 3.37. The van der Waals surface area contributed by atoms with Gasteiger partial charge in [-0.05, 0) is 35.9 Å². The number of carbonyl (C=O) groups excluding carboxylic acids is 1. The van der Waals surface area contributed by atoms with E-state index in [1.165, 1.54) is 0 Å². The van der Waals surface area contributed by atoms with E-state index in [2.05, 4.69) is 0 Å². The number of benzene rings is 1. The van der Waals surface area contributed by atoms with Crippen LogP contribution in [0.5, 0.6) is 0 Å². The SMILES string of the molecule is O=C(/C=C/C1=CC=C[CH]1)c1ccc(Cl)cc1. The first kappa shape index (κ1) is 10.9. The van der Waals surface area contributed by atoms with Crippen molar-refractivity contribution in [3.63, 3.8) is 0 Å².